The van der Waals surface area contributed by atoms with Crippen LogP contribution in [0.3, 0.4) is 0 Å². The predicted molar refractivity (Wildman–Crippen MR) is 145 cm³/mol. The molecule has 2 fully saturated rings. The van der Waals surface area contributed by atoms with Gasteiger partial charge < -0.3 is 4.74 Å². The van der Waals surface area contributed by atoms with Gasteiger partial charge in [0.1, 0.15) is 11.4 Å². The molecule has 1 aliphatic heterocycles. The zero-order valence-electron chi connectivity index (χ0n) is 22.8. The normalized spacial score (nSPS) is 21.4. The number of fused-ring (bicyclic) bond motifs is 2. The number of benzene rings is 2. The Morgan fingerprint density at radius 1 is 1.13 bits per heavy atom. The van der Waals surface area contributed by atoms with E-state index < -0.39 is 39.3 Å². The SMILES string of the molecule is CCS(=O)(=O)c1ccc(-c2ccc(CC(C#N)CC(=O)[C@@H]3[C@H]4CC[C@H](C4)N3C(=O)OC(C)(C)C)c(F)c2)cc1. The number of carbonyl (C=O) groups is 2. The van der Waals surface area contributed by atoms with E-state index in [9.17, 15) is 23.3 Å². The standard InChI is InChI=1S/C30H35FN2O5S/c1-5-39(36,37)25-12-9-20(10-13-25)21-6-7-22(26(31)17-21)14-19(18-32)15-27(34)28-23-8-11-24(16-23)33(28)29(35)38-30(2,3)4/h6-7,9-10,12-13,17,19,23-24,28H,5,8,11,14-16H2,1-4H3/t19?,23-,24+,28-/m0/s1. The van der Waals surface area contributed by atoms with Crippen LogP contribution in [0.15, 0.2) is 47.4 Å². The van der Waals surface area contributed by atoms with Gasteiger partial charge in [0.2, 0.25) is 0 Å². The van der Waals surface area contributed by atoms with E-state index in [0.29, 0.717) is 16.7 Å². The average Bonchev–Trinajstić information content (AvgIpc) is 3.50. The van der Waals surface area contributed by atoms with E-state index in [-0.39, 0.29) is 41.2 Å². The second-order valence-electron chi connectivity index (χ2n) is 11.5. The molecular formula is C30H35FN2O5S. The minimum absolute atomic E-state index is 0.000741. The lowest BCUT2D eigenvalue weighted by atomic mass is 9.87. The first-order chi connectivity index (χ1) is 18.3. The zero-order valence-corrected chi connectivity index (χ0v) is 23.6. The van der Waals surface area contributed by atoms with Gasteiger partial charge in [0.25, 0.3) is 0 Å². The Balaban J connectivity index is 1.45. The number of sulfone groups is 1. The molecule has 1 aliphatic carbocycles. The number of amides is 1. The first-order valence-corrected chi connectivity index (χ1v) is 15.0. The number of nitrogens with zero attached hydrogens (tertiary/aromatic N) is 2. The van der Waals surface area contributed by atoms with Gasteiger partial charge in [-0.15, -0.1) is 0 Å². The molecule has 0 radical (unpaired) electrons. The number of hydrogen-bond donors (Lipinski definition) is 0. The molecule has 4 atom stereocenters. The molecular weight excluding hydrogens is 519 g/mol. The Kier molecular flexibility index (Phi) is 8.17. The fourth-order valence-corrected chi connectivity index (χ4v) is 6.57. The Morgan fingerprint density at radius 3 is 2.38 bits per heavy atom. The van der Waals surface area contributed by atoms with Gasteiger partial charge in [-0.2, -0.15) is 5.26 Å². The van der Waals surface area contributed by atoms with Crippen molar-refractivity contribution in [3.63, 3.8) is 0 Å². The Bertz CT molecular complexity index is 1390. The monoisotopic (exact) mass is 554 g/mol. The number of halogens is 1. The van der Waals surface area contributed by atoms with Crippen molar-refractivity contribution >= 4 is 21.7 Å². The predicted octanol–water partition coefficient (Wildman–Crippen LogP) is 5.72. The summed E-state index contributed by atoms with van der Waals surface area (Å²) in [5.41, 5.74) is 0.887. The van der Waals surface area contributed by atoms with Crippen molar-refractivity contribution in [2.24, 2.45) is 11.8 Å². The second kappa shape index (κ2) is 11.1. The number of hydrogen-bond acceptors (Lipinski definition) is 6. The van der Waals surface area contributed by atoms with Crippen molar-refractivity contribution in [3.05, 3.63) is 53.8 Å². The van der Waals surface area contributed by atoms with E-state index in [1.54, 1.807) is 56.9 Å². The first-order valence-electron chi connectivity index (χ1n) is 13.4. The lowest BCUT2D eigenvalue weighted by Gasteiger charge is -2.35. The van der Waals surface area contributed by atoms with E-state index in [0.717, 1.165) is 19.3 Å². The zero-order chi connectivity index (χ0) is 28.5. The van der Waals surface area contributed by atoms with Crippen LogP contribution < -0.4 is 0 Å². The molecule has 7 nitrogen and oxygen atoms in total. The fourth-order valence-electron chi connectivity index (χ4n) is 5.69. The maximum Gasteiger partial charge on any atom is 0.411 e. The van der Waals surface area contributed by atoms with Crippen LogP contribution in [0.1, 0.15) is 58.9 Å². The molecule has 0 spiro atoms. The molecule has 1 heterocycles. The summed E-state index contributed by atoms with van der Waals surface area (Å²) >= 11 is 0. The molecule has 2 aliphatic rings. The van der Waals surface area contributed by atoms with Gasteiger partial charge in [-0.1, -0.05) is 31.2 Å². The molecule has 1 saturated heterocycles. The number of ketones is 1. The summed E-state index contributed by atoms with van der Waals surface area (Å²) in [7, 11) is -3.33. The molecule has 2 aromatic rings. The van der Waals surface area contributed by atoms with Crippen molar-refractivity contribution in [1.29, 1.82) is 5.26 Å². The van der Waals surface area contributed by atoms with Crippen LogP contribution in [-0.4, -0.2) is 48.6 Å². The molecule has 208 valence electrons. The Labute approximate surface area is 229 Å². The number of ether oxygens (including phenoxy) is 1. The molecule has 1 unspecified atom stereocenters. The van der Waals surface area contributed by atoms with Crippen LogP contribution in [0.2, 0.25) is 0 Å². The van der Waals surface area contributed by atoms with Gasteiger partial charge in [0.05, 0.1) is 28.7 Å². The topological polar surface area (TPSA) is 105 Å². The van der Waals surface area contributed by atoms with Crippen LogP contribution in [0.4, 0.5) is 9.18 Å². The maximum absolute atomic E-state index is 15.1. The summed E-state index contributed by atoms with van der Waals surface area (Å²) in [6, 6.07) is 12.5. The highest BCUT2D eigenvalue weighted by molar-refractivity contribution is 7.91. The highest BCUT2D eigenvalue weighted by Crippen LogP contribution is 2.44. The van der Waals surface area contributed by atoms with Gasteiger partial charge in [-0.25, -0.2) is 17.6 Å². The number of rotatable bonds is 8. The van der Waals surface area contributed by atoms with Crippen molar-refractivity contribution in [3.8, 4) is 17.2 Å². The van der Waals surface area contributed by atoms with E-state index >= 15 is 4.39 Å². The Morgan fingerprint density at radius 2 is 1.79 bits per heavy atom. The number of carbonyl (C=O) groups excluding carboxylic acids is 2. The highest BCUT2D eigenvalue weighted by atomic mass is 32.2. The molecule has 2 aromatic carbocycles. The van der Waals surface area contributed by atoms with Gasteiger partial charge in [0.15, 0.2) is 15.6 Å². The number of nitriles is 1. The summed E-state index contributed by atoms with van der Waals surface area (Å²) in [5, 5.41) is 9.80. The second-order valence-corrected chi connectivity index (χ2v) is 13.8. The lowest BCUT2D eigenvalue weighted by Crippen LogP contribution is -2.51. The van der Waals surface area contributed by atoms with Crippen LogP contribution in [0, 0.1) is 29.0 Å². The molecule has 4 rings (SSSR count). The van der Waals surface area contributed by atoms with Crippen molar-refractivity contribution < 1.29 is 27.1 Å². The van der Waals surface area contributed by atoms with Gasteiger partial charge in [0, 0.05) is 12.5 Å². The summed E-state index contributed by atoms with van der Waals surface area (Å²) in [6.07, 6.45) is 1.95. The van der Waals surface area contributed by atoms with Crippen molar-refractivity contribution in [1.82, 2.24) is 4.90 Å². The summed E-state index contributed by atoms with van der Waals surface area (Å²) < 4.78 is 44.7. The molecule has 0 N–H and O–H groups in total. The van der Waals surface area contributed by atoms with Gasteiger partial charge >= 0.3 is 6.09 Å². The van der Waals surface area contributed by atoms with Crippen LogP contribution in [0.5, 0.6) is 0 Å². The smallest absolute Gasteiger partial charge is 0.411 e. The third-order valence-corrected chi connectivity index (χ3v) is 9.35. The fraction of sp³-hybridized carbons (Fsp3) is 0.500. The van der Waals surface area contributed by atoms with Crippen molar-refractivity contribution in [2.45, 2.75) is 82.4 Å². The minimum atomic E-state index is -3.33. The number of piperidine rings is 1. The van der Waals surface area contributed by atoms with Crippen LogP contribution in [-0.2, 0) is 25.8 Å². The van der Waals surface area contributed by atoms with E-state index in [4.69, 9.17) is 4.74 Å². The summed E-state index contributed by atoms with van der Waals surface area (Å²) in [4.78, 5) is 28.1. The number of likely N-dealkylation sites (tertiary alicyclic amines) is 1. The summed E-state index contributed by atoms with van der Waals surface area (Å²) in [5.74, 6) is -1.36. The Hall–Kier alpha value is -3.25. The molecule has 2 bridgehead atoms. The molecule has 9 heteroatoms. The molecule has 39 heavy (non-hydrogen) atoms. The minimum Gasteiger partial charge on any atom is -0.444 e. The van der Waals surface area contributed by atoms with E-state index in [2.05, 4.69) is 6.07 Å². The highest BCUT2D eigenvalue weighted by Gasteiger charge is 2.52. The van der Waals surface area contributed by atoms with Crippen LogP contribution in [0.25, 0.3) is 11.1 Å². The van der Waals surface area contributed by atoms with E-state index in [1.165, 1.54) is 18.2 Å². The van der Waals surface area contributed by atoms with Gasteiger partial charge in [-0.3, -0.25) is 9.69 Å². The third kappa shape index (κ3) is 6.33. The quantitative estimate of drug-likeness (QED) is 0.414. The van der Waals surface area contributed by atoms with Crippen molar-refractivity contribution in [2.75, 3.05) is 5.75 Å². The largest absolute Gasteiger partial charge is 0.444 e. The molecule has 1 saturated carbocycles. The average molecular weight is 555 g/mol. The third-order valence-electron chi connectivity index (χ3n) is 7.60. The molecule has 1 amide bonds. The number of Topliss-reactive ketones (excluding diaryl/α,β-unsaturated/α-hetero) is 1. The lowest BCUT2D eigenvalue weighted by molar-refractivity contribution is -0.126. The maximum atomic E-state index is 15.1. The first kappa shape index (κ1) is 28.8. The van der Waals surface area contributed by atoms with Crippen LogP contribution >= 0.6 is 0 Å². The summed E-state index contributed by atoms with van der Waals surface area (Å²) in [6.45, 7) is 6.93. The van der Waals surface area contributed by atoms with Gasteiger partial charge in [-0.05, 0) is 87.3 Å². The van der Waals surface area contributed by atoms with E-state index in [1.807, 2.05) is 0 Å². The molecule has 0 aromatic heterocycles.